The largest absolute Gasteiger partial charge is 0.495 e. The number of rotatable bonds is 8. The van der Waals surface area contributed by atoms with Crippen molar-refractivity contribution < 1.29 is 28.6 Å². The van der Waals surface area contributed by atoms with Gasteiger partial charge in [0.25, 0.3) is 11.8 Å². The fourth-order valence-corrected chi connectivity index (χ4v) is 4.16. The summed E-state index contributed by atoms with van der Waals surface area (Å²) >= 11 is 0.981. The van der Waals surface area contributed by atoms with E-state index in [9.17, 15) is 14.4 Å². The third-order valence-electron chi connectivity index (χ3n) is 4.76. The summed E-state index contributed by atoms with van der Waals surface area (Å²) in [5.41, 5.74) is 0.993. The molecule has 2 N–H and O–H groups in total. The Morgan fingerprint density at radius 2 is 1.61 bits per heavy atom. The molecule has 33 heavy (non-hydrogen) atoms. The molecule has 0 saturated heterocycles. The van der Waals surface area contributed by atoms with Gasteiger partial charge in [-0.1, -0.05) is 30.3 Å². The SMILES string of the molecule is COC(=O)c1c(NC(=O)[C@H](C)Oc2ccccc2)sc(C(=O)Nc2ccccc2OC)c1C. The molecule has 3 rings (SSSR count). The van der Waals surface area contributed by atoms with Crippen LogP contribution < -0.4 is 20.1 Å². The highest BCUT2D eigenvalue weighted by atomic mass is 32.1. The molecule has 0 bridgehead atoms. The number of hydrogen-bond donors (Lipinski definition) is 2. The van der Waals surface area contributed by atoms with E-state index in [1.165, 1.54) is 14.2 Å². The van der Waals surface area contributed by atoms with Gasteiger partial charge in [0.15, 0.2) is 6.10 Å². The molecule has 0 fully saturated rings. The first-order valence-corrected chi connectivity index (χ1v) is 10.9. The standard InChI is InChI=1S/C24H24N2O6S/c1-14-19(24(29)31-4)23(26-21(27)15(2)32-16-10-6-5-7-11-16)33-20(14)22(28)25-17-12-8-9-13-18(17)30-3/h5-13,15H,1-4H3,(H,25,28)(H,26,27)/t15-/m0/s1. The van der Waals surface area contributed by atoms with Gasteiger partial charge in [0.1, 0.15) is 16.5 Å². The van der Waals surface area contributed by atoms with E-state index in [4.69, 9.17) is 14.2 Å². The number of esters is 1. The first kappa shape index (κ1) is 23.8. The van der Waals surface area contributed by atoms with Crippen LogP contribution in [0, 0.1) is 6.92 Å². The van der Waals surface area contributed by atoms with E-state index in [1.807, 2.05) is 6.07 Å². The minimum atomic E-state index is -0.842. The number of thiophene rings is 1. The summed E-state index contributed by atoms with van der Waals surface area (Å²) in [6, 6.07) is 15.9. The van der Waals surface area contributed by atoms with Gasteiger partial charge in [-0.25, -0.2) is 4.79 Å². The second-order valence-corrected chi connectivity index (χ2v) is 7.99. The van der Waals surface area contributed by atoms with Crippen LogP contribution in [0.3, 0.4) is 0 Å². The van der Waals surface area contributed by atoms with Crippen LogP contribution in [0.1, 0.15) is 32.5 Å². The second-order valence-electron chi connectivity index (χ2n) is 6.97. The highest BCUT2D eigenvalue weighted by Gasteiger charge is 2.28. The number of nitrogens with one attached hydrogen (secondary N) is 2. The summed E-state index contributed by atoms with van der Waals surface area (Å²) < 4.78 is 15.8. The van der Waals surface area contributed by atoms with Gasteiger partial charge in [-0.2, -0.15) is 0 Å². The van der Waals surface area contributed by atoms with E-state index >= 15 is 0 Å². The lowest BCUT2D eigenvalue weighted by molar-refractivity contribution is -0.122. The Balaban J connectivity index is 1.85. The molecule has 0 aliphatic carbocycles. The minimum Gasteiger partial charge on any atom is -0.495 e. The lowest BCUT2D eigenvalue weighted by atomic mass is 10.1. The van der Waals surface area contributed by atoms with Crippen LogP contribution in [0.15, 0.2) is 54.6 Å². The van der Waals surface area contributed by atoms with Crippen LogP contribution in [0.5, 0.6) is 11.5 Å². The number of hydrogen-bond acceptors (Lipinski definition) is 7. The maximum atomic E-state index is 13.0. The molecular formula is C24H24N2O6S. The number of benzene rings is 2. The maximum Gasteiger partial charge on any atom is 0.341 e. The molecule has 0 radical (unpaired) electrons. The molecule has 2 aromatic carbocycles. The molecule has 0 aliphatic rings. The fourth-order valence-electron chi connectivity index (χ4n) is 3.06. The molecule has 0 unspecified atom stereocenters. The summed E-state index contributed by atoms with van der Waals surface area (Å²) in [7, 11) is 2.74. The van der Waals surface area contributed by atoms with E-state index in [-0.39, 0.29) is 15.4 Å². The van der Waals surface area contributed by atoms with Gasteiger partial charge in [-0.15, -0.1) is 11.3 Å². The van der Waals surface area contributed by atoms with Gasteiger partial charge in [0, 0.05) is 0 Å². The normalized spacial score (nSPS) is 11.3. The number of anilines is 2. The summed E-state index contributed by atoms with van der Waals surface area (Å²) in [4.78, 5) is 38.4. The molecule has 0 spiro atoms. The monoisotopic (exact) mass is 468 g/mol. The van der Waals surface area contributed by atoms with Gasteiger partial charge >= 0.3 is 5.97 Å². The predicted octanol–water partition coefficient (Wildman–Crippen LogP) is 4.51. The first-order valence-electron chi connectivity index (χ1n) is 10.0. The van der Waals surface area contributed by atoms with Gasteiger partial charge in [0.2, 0.25) is 0 Å². The Morgan fingerprint density at radius 1 is 0.939 bits per heavy atom. The molecule has 0 saturated carbocycles. The van der Waals surface area contributed by atoms with Gasteiger partial charge in [0.05, 0.1) is 30.3 Å². The predicted molar refractivity (Wildman–Crippen MR) is 127 cm³/mol. The topological polar surface area (TPSA) is 103 Å². The van der Waals surface area contributed by atoms with E-state index < -0.39 is 23.9 Å². The average Bonchev–Trinajstić information content (AvgIpc) is 3.15. The number of amides is 2. The van der Waals surface area contributed by atoms with Crippen molar-refractivity contribution in [1.82, 2.24) is 0 Å². The molecule has 0 aliphatic heterocycles. The molecule has 8 nitrogen and oxygen atoms in total. The zero-order valence-electron chi connectivity index (χ0n) is 18.6. The lowest BCUT2D eigenvalue weighted by Gasteiger charge is -2.14. The van der Waals surface area contributed by atoms with Crippen molar-refractivity contribution in [3.63, 3.8) is 0 Å². The quantitative estimate of drug-likeness (QED) is 0.472. The number of para-hydroxylation sites is 3. The summed E-state index contributed by atoms with van der Waals surface area (Å²) in [6.45, 7) is 3.22. The van der Waals surface area contributed by atoms with Crippen molar-refractivity contribution in [2.24, 2.45) is 0 Å². The highest BCUT2D eigenvalue weighted by molar-refractivity contribution is 7.19. The first-order chi connectivity index (χ1) is 15.8. The fraction of sp³-hybridized carbons (Fsp3) is 0.208. The Morgan fingerprint density at radius 3 is 2.27 bits per heavy atom. The van der Waals surface area contributed by atoms with Gasteiger partial charge in [-0.3, -0.25) is 9.59 Å². The van der Waals surface area contributed by atoms with Crippen molar-refractivity contribution >= 4 is 39.8 Å². The zero-order valence-corrected chi connectivity index (χ0v) is 19.4. The molecular weight excluding hydrogens is 444 g/mol. The number of methoxy groups -OCH3 is 2. The van der Waals surface area contributed by atoms with Gasteiger partial charge < -0.3 is 24.8 Å². The van der Waals surface area contributed by atoms with Crippen LogP contribution in [-0.2, 0) is 9.53 Å². The number of carbonyl (C=O) groups excluding carboxylic acids is 3. The highest BCUT2D eigenvalue weighted by Crippen LogP contribution is 2.35. The van der Waals surface area contributed by atoms with E-state index in [0.717, 1.165) is 11.3 Å². The van der Waals surface area contributed by atoms with Crippen LogP contribution >= 0.6 is 11.3 Å². The van der Waals surface area contributed by atoms with E-state index in [1.54, 1.807) is 62.4 Å². The second kappa shape index (κ2) is 10.6. The van der Waals surface area contributed by atoms with Crippen molar-refractivity contribution in [3.05, 3.63) is 70.6 Å². The van der Waals surface area contributed by atoms with Crippen molar-refractivity contribution in [3.8, 4) is 11.5 Å². The molecule has 1 aromatic heterocycles. The zero-order chi connectivity index (χ0) is 24.0. The van der Waals surface area contributed by atoms with E-state index in [0.29, 0.717) is 22.7 Å². The maximum absolute atomic E-state index is 13.0. The van der Waals surface area contributed by atoms with E-state index in [2.05, 4.69) is 10.6 Å². The Labute approximate surface area is 195 Å². The Hall–Kier alpha value is -3.85. The minimum absolute atomic E-state index is 0.118. The average molecular weight is 469 g/mol. The lowest BCUT2D eigenvalue weighted by Crippen LogP contribution is -2.30. The smallest absolute Gasteiger partial charge is 0.341 e. The van der Waals surface area contributed by atoms with Crippen molar-refractivity contribution in [1.29, 1.82) is 0 Å². The van der Waals surface area contributed by atoms with Crippen molar-refractivity contribution in [2.45, 2.75) is 20.0 Å². The third kappa shape index (κ3) is 5.50. The summed E-state index contributed by atoms with van der Waals surface area (Å²) in [5, 5.41) is 5.69. The third-order valence-corrected chi connectivity index (χ3v) is 5.97. The molecule has 1 heterocycles. The van der Waals surface area contributed by atoms with Crippen LogP contribution in [0.4, 0.5) is 10.7 Å². The Bertz CT molecular complexity index is 1160. The molecule has 2 amide bonds. The summed E-state index contributed by atoms with van der Waals surface area (Å²) in [6.07, 6.45) is -0.842. The number of carbonyl (C=O) groups is 3. The van der Waals surface area contributed by atoms with Crippen molar-refractivity contribution in [2.75, 3.05) is 24.9 Å². The van der Waals surface area contributed by atoms with Crippen LogP contribution in [-0.4, -0.2) is 38.1 Å². The van der Waals surface area contributed by atoms with Gasteiger partial charge in [-0.05, 0) is 43.7 Å². The van der Waals surface area contributed by atoms with Crippen LogP contribution in [0.25, 0.3) is 0 Å². The van der Waals surface area contributed by atoms with Crippen LogP contribution in [0.2, 0.25) is 0 Å². The molecule has 1 atom stereocenters. The number of ether oxygens (including phenoxy) is 3. The molecule has 9 heteroatoms. The molecule has 172 valence electrons. The Kier molecular flexibility index (Phi) is 7.68. The molecule has 3 aromatic rings. The summed E-state index contributed by atoms with van der Waals surface area (Å²) in [5.74, 6) is -0.545.